The fraction of sp³-hybridized carbons (Fsp3) is 0.300. The molecule has 2 aromatic rings. The van der Waals surface area contributed by atoms with Gasteiger partial charge in [0, 0.05) is 31.9 Å². The van der Waals surface area contributed by atoms with E-state index in [1.54, 1.807) is 12.1 Å². The van der Waals surface area contributed by atoms with Crippen LogP contribution < -0.4 is 10.6 Å². The van der Waals surface area contributed by atoms with Crippen LogP contribution in [0.3, 0.4) is 0 Å². The summed E-state index contributed by atoms with van der Waals surface area (Å²) in [5, 5.41) is 0. The lowest BCUT2D eigenvalue weighted by Gasteiger charge is -2.32. The number of fused-ring (bicyclic) bond motifs is 2. The summed E-state index contributed by atoms with van der Waals surface area (Å²) in [7, 11) is 0. The predicted octanol–water partition coefficient (Wildman–Crippen LogP) is 2.19. The third-order valence-electron chi connectivity index (χ3n) is 5.12. The number of amides is 2. The van der Waals surface area contributed by atoms with Gasteiger partial charge in [0.25, 0.3) is 5.91 Å². The molecule has 2 N–H and O–H groups in total. The number of hydrogen-bond acceptors (Lipinski definition) is 3. The largest absolute Gasteiger partial charge is 0.370 e. The van der Waals surface area contributed by atoms with Gasteiger partial charge in [0.2, 0.25) is 5.91 Å². The van der Waals surface area contributed by atoms with Crippen molar-refractivity contribution in [3.8, 4) is 0 Å². The zero-order valence-corrected chi connectivity index (χ0v) is 14.1. The Labute approximate surface area is 147 Å². The first kappa shape index (κ1) is 15.7. The number of anilines is 1. The van der Waals surface area contributed by atoms with E-state index in [1.807, 2.05) is 11.0 Å². The van der Waals surface area contributed by atoms with E-state index in [-0.39, 0.29) is 5.91 Å². The molecule has 0 aromatic heterocycles. The van der Waals surface area contributed by atoms with E-state index < -0.39 is 5.91 Å². The average molecular weight is 335 g/mol. The molecule has 2 aliphatic rings. The molecule has 2 aliphatic heterocycles. The second kappa shape index (κ2) is 6.24. The van der Waals surface area contributed by atoms with E-state index >= 15 is 0 Å². The Morgan fingerprint density at radius 2 is 1.76 bits per heavy atom. The molecule has 0 saturated carbocycles. The van der Waals surface area contributed by atoms with Gasteiger partial charge in [-0.05, 0) is 36.1 Å². The molecular formula is C20H21N3O2. The maximum Gasteiger partial charge on any atom is 0.255 e. The zero-order chi connectivity index (χ0) is 17.4. The van der Waals surface area contributed by atoms with Crippen molar-refractivity contribution in [2.45, 2.75) is 19.4 Å². The van der Waals surface area contributed by atoms with E-state index in [1.165, 1.54) is 11.3 Å². The number of nitrogens with zero attached hydrogens (tertiary/aromatic N) is 2. The summed E-state index contributed by atoms with van der Waals surface area (Å²) in [5.74, 6) is -0.633. The zero-order valence-electron chi connectivity index (χ0n) is 14.1. The van der Waals surface area contributed by atoms with Crippen LogP contribution >= 0.6 is 0 Å². The number of para-hydroxylation sites is 1. The lowest BCUT2D eigenvalue weighted by Crippen LogP contribution is -2.38. The molecule has 0 aliphatic carbocycles. The van der Waals surface area contributed by atoms with Crippen LogP contribution in [0.1, 0.15) is 38.3 Å². The van der Waals surface area contributed by atoms with Crippen molar-refractivity contribution in [1.82, 2.24) is 4.90 Å². The molecule has 0 unspecified atom stereocenters. The highest BCUT2D eigenvalue weighted by Gasteiger charge is 2.31. The minimum Gasteiger partial charge on any atom is -0.370 e. The Morgan fingerprint density at radius 3 is 2.60 bits per heavy atom. The monoisotopic (exact) mass is 335 g/mol. The first-order chi connectivity index (χ1) is 12.1. The second-order valence-electron chi connectivity index (χ2n) is 6.65. The summed E-state index contributed by atoms with van der Waals surface area (Å²) in [6.45, 7) is 2.99. The molecule has 0 fully saturated rings. The summed E-state index contributed by atoms with van der Waals surface area (Å²) in [5.41, 5.74) is 9.77. The molecule has 2 amide bonds. The molecule has 25 heavy (non-hydrogen) atoms. The van der Waals surface area contributed by atoms with Crippen molar-refractivity contribution in [2.24, 2.45) is 5.73 Å². The van der Waals surface area contributed by atoms with Gasteiger partial charge in [-0.25, -0.2) is 0 Å². The molecule has 0 spiro atoms. The maximum atomic E-state index is 12.7. The van der Waals surface area contributed by atoms with Crippen molar-refractivity contribution in [3.05, 3.63) is 64.7 Å². The van der Waals surface area contributed by atoms with E-state index in [2.05, 4.69) is 29.2 Å². The first-order valence-electron chi connectivity index (χ1n) is 8.69. The average Bonchev–Trinajstić information content (AvgIpc) is 2.96. The number of carbonyl (C=O) groups is 2. The standard InChI is InChI=1S/C20H21N3O2/c21-19(24)16-8-3-6-15-13-23(20(25)18(15)16)12-11-22-10-4-7-14-5-1-2-9-17(14)22/h1-3,5-6,8-9H,4,7,10-13H2,(H2,21,24). The highest BCUT2D eigenvalue weighted by Crippen LogP contribution is 2.28. The van der Waals surface area contributed by atoms with Crippen LogP contribution in [-0.2, 0) is 13.0 Å². The molecule has 4 rings (SSSR count). The van der Waals surface area contributed by atoms with Crippen molar-refractivity contribution in [3.63, 3.8) is 0 Å². The van der Waals surface area contributed by atoms with Crippen LogP contribution in [0.4, 0.5) is 5.69 Å². The molecule has 5 nitrogen and oxygen atoms in total. The number of benzene rings is 2. The second-order valence-corrected chi connectivity index (χ2v) is 6.65. The normalized spacial score (nSPS) is 15.9. The Bertz CT molecular complexity index is 847. The van der Waals surface area contributed by atoms with Crippen molar-refractivity contribution >= 4 is 17.5 Å². The van der Waals surface area contributed by atoms with Gasteiger partial charge in [-0.3, -0.25) is 9.59 Å². The minimum absolute atomic E-state index is 0.0882. The predicted molar refractivity (Wildman–Crippen MR) is 96.7 cm³/mol. The Hall–Kier alpha value is -2.82. The van der Waals surface area contributed by atoms with Crippen molar-refractivity contribution < 1.29 is 9.59 Å². The van der Waals surface area contributed by atoms with Gasteiger partial charge in [0.15, 0.2) is 0 Å². The van der Waals surface area contributed by atoms with Gasteiger partial charge < -0.3 is 15.5 Å². The molecular weight excluding hydrogens is 314 g/mol. The Balaban J connectivity index is 1.50. The number of hydrogen-bond donors (Lipinski definition) is 1. The van der Waals surface area contributed by atoms with Crippen LogP contribution in [-0.4, -0.2) is 36.3 Å². The summed E-state index contributed by atoms with van der Waals surface area (Å²) < 4.78 is 0. The van der Waals surface area contributed by atoms with E-state index in [0.717, 1.165) is 31.5 Å². The summed E-state index contributed by atoms with van der Waals surface area (Å²) >= 11 is 0. The highest BCUT2D eigenvalue weighted by molar-refractivity contribution is 6.09. The van der Waals surface area contributed by atoms with Crippen LogP contribution in [0.15, 0.2) is 42.5 Å². The molecule has 5 heteroatoms. The molecule has 0 saturated heterocycles. The third kappa shape index (κ3) is 2.76. The molecule has 0 radical (unpaired) electrons. The van der Waals surface area contributed by atoms with E-state index in [4.69, 9.17) is 5.73 Å². The molecule has 0 atom stereocenters. The summed E-state index contributed by atoms with van der Waals surface area (Å²) in [6, 6.07) is 13.8. The minimum atomic E-state index is -0.544. The lowest BCUT2D eigenvalue weighted by molar-refractivity contribution is 0.0778. The van der Waals surface area contributed by atoms with Gasteiger partial charge in [0.05, 0.1) is 11.1 Å². The molecule has 128 valence electrons. The molecule has 0 bridgehead atoms. The summed E-state index contributed by atoms with van der Waals surface area (Å²) in [4.78, 5) is 28.5. The van der Waals surface area contributed by atoms with Crippen molar-refractivity contribution in [1.29, 1.82) is 0 Å². The van der Waals surface area contributed by atoms with Crippen LogP contribution in [0, 0.1) is 0 Å². The van der Waals surface area contributed by atoms with Gasteiger partial charge in [0.1, 0.15) is 0 Å². The number of carbonyl (C=O) groups excluding carboxylic acids is 2. The van der Waals surface area contributed by atoms with Crippen LogP contribution in [0.25, 0.3) is 0 Å². The maximum absolute atomic E-state index is 12.7. The Kier molecular flexibility index (Phi) is 3.92. The fourth-order valence-electron chi connectivity index (χ4n) is 3.89. The van der Waals surface area contributed by atoms with Crippen LogP contribution in [0.5, 0.6) is 0 Å². The topological polar surface area (TPSA) is 66.6 Å². The summed E-state index contributed by atoms with van der Waals surface area (Å²) in [6.07, 6.45) is 2.25. The van der Waals surface area contributed by atoms with Crippen LogP contribution in [0.2, 0.25) is 0 Å². The van der Waals surface area contributed by atoms with E-state index in [9.17, 15) is 9.59 Å². The quantitative estimate of drug-likeness (QED) is 0.931. The number of aryl methyl sites for hydroxylation is 1. The number of primary amides is 1. The number of nitrogens with two attached hydrogens (primary N) is 1. The Morgan fingerprint density at radius 1 is 1.00 bits per heavy atom. The highest BCUT2D eigenvalue weighted by atomic mass is 16.2. The third-order valence-corrected chi connectivity index (χ3v) is 5.12. The fourth-order valence-corrected chi connectivity index (χ4v) is 3.89. The number of rotatable bonds is 4. The first-order valence-corrected chi connectivity index (χ1v) is 8.69. The SMILES string of the molecule is NC(=O)c1cccc2c1C(=O)N(CCN1CCCc3ccccc31)C2. The smallest absolute Gasteiger partial charge is 0.255 e. The lowest BCUT2D eigenvalue weighted by atomic mass is 10.0. The van der Waals surface area contributed by atoms with Crippen molar-refractivity contribution in [2.75, 3.05) is 24.5 Å². The molecule has 2 heterocycles. The van der Waals surface area contributed by atoms with Gasteiger partial charge in [-0.2, -0.15) is 0 Å². The molecule has 2 aromatic carbocycles. The van der Waals surface area contributed by atoms with Gasteiger partial charge in [-0.15, -0.1) is 0 Å². The van der Waals surface area contributed by atoms with E-state index in [0.29, 0.717) is 24.2 Å². The van der Waals surface area contributed by atoms with Gasteiger partial charge >= 0.3 is 0 Å². The van der Waals surface area contributed by atoms with Gasteiger partial charge in [-0.1, -0.05) is 30.3 Å².